The third-order valence-electron chi connectivity index (χ3n) is 13.8. The fourth-order valence-corrected chi connectivity index (χ4v) is 8.97. The monoisotopic (exact) mass is 1060 g/mol. The second-order valence-corrected chi connectivity index (χ2v) is 21.3. The summed E-state index contributed by atoms with van der Waals surface area (Å²) in [6.07, 6.45) is 85.5. The van der Waals surface area contributed by atoms with E-state index in [-0.39, 0.29) is 31.1 Å². The van der Waals surface area contributed by atoms with E-state index in [9.17, 15) is 14.4 Å². The Labute approximate surface area is 470 Å². The van der Waals surface area contributed by atoms with Crippen molar-refractivity contribution >= 4 is 17.9 Å². The van der Waals surface area contributed by atoms with Crippen molar-refractivity contribution in [2.45, 2.75) is 316 Å². The predicted octanol–water partition coefficient (Wildman–Crippen LogP) is 22.0. The van der Waals surface area contributed by atoms with Crippen molar-refractivity contribution in [3.8, 4) is 0 Å². The van der Waals surface area contributed by atoms with Crippen molar-refractivity contribution in [3.63, 3.8) is 0 Å². The Hall–Kier alpha value is -3.67. The molecule has 0 amide bonds. The van der Waals surface area contributed by atoms with E-state index in [4.69, 9.17) is 14.2 Å². The SMILES string of the molecule is CC/C=C\C/C=C\C/C=C\C/C=C\C/C=C\C/C=C\CCCCCCCCC(=O)OCC(COC(=O)CCCCCCC/C=C\CCCCCCCC)OC(=O)CCCCCCCCC/C=C\CCCCCCCCC. The number of ether oxygens (including phenoxy) is 3. The third kappa shape index (κ3) is 61.2. The first-order valence-corrected chi connectivity index (χ1v) is 32.2. The van der Waals surface area contributed by atoms with Gasteiger partial charge in [0.2, 0.25) is 0 Å². The molecule has 1 atom stereocenters. The van der Waals surface area contributed by atoms with Crippen LogP contribution >= 0.6 is 0 Å². The molecule has 0 fully saturated rings. The van der Waals surface area contributed by atoms with E-state index >= 15 is 0 Å². The number of carbonyl (C=O) groups is 3. The van der Waals surface area contributed by atoms with Crippen LogP contribution < -0.4 is 0 Å². The molecule has 0 spiro atoms. The maximum Gasteiger partial charge on any atom is 0.306 e. The van der Waals surface area contributed by atoms with Gasteiger partial charge in [0, 0.05) is 19.3 Å². The van der Waals surface area contributed by atoms with Gasteiger partial charge in [-0.15, -0.1) is 0 Å². The van der Waals surface area contributed by atoms with E-state index in [1.807, 2.05) is 0 Å². The quantitative estimate of drug-likeness (QED) is 0.0261. The first kappa shape index (κ1) is 72.3. The minimum absolute atomic E-state index is 0.0875. The largest absolute Gasteiger partial charge is 0.462 e. The van der Waals surface area contributed by atoms with Crippen molar-refractivity contribution in [2.75, 3.05) is 13.2 Å². The third-order valence-corrected chi connectivity index (χ3v) is 13.8. The summed E-state index contributed by atoms with van der Waals surface area (Å²) in [5.41, 5.74) is 0. The van der Waals surface area contributed by atoms with Gasteiger partial charge in [0.05, 0.1) is 0 Å². The summed E-state index contributed by atoms with van der Waals surface area (Å²) >= 11 is 0. The Balaban J connectivity index is 4.40. The van der Waals surface area contributed by atoms with E-state index in [0.717, 1.165) is 116 Å². The Morgan fingerprint density at radius 3 is 0.816 bits per heavy atom. The summed E-state index contributed by atoms with van der Waals surface area (Å²) in [4.78, 5) is 38.3. The molecule has 0 saturated heterocycles. The lowest BCUT2D eigenvalue weighted by Gasteiger charge is -2.18. The molecule has 0 heterocycles. The second kappa shape index (κ2) is 63.9. The average Bonchev–Trinajstić information content (AvgIpc) is 3.42. The summed E-state index contributed by atoms with van der Waals surface area (Å²) in [6.45, 7) is 6.52. The van der Waals surface area contributed by atoms with Crippen LogP contribution in [0.4, 0.5) is 0 Å². The smallest absolute Gasteiger partial charge is 0.306 e. The highest BCUT2D eigenvalue weighted by molar-refractivity contribution is 5.71. The van der Waals surface area contributed by atoms with Crippen molar-refractivity contribution in [1.82, 2.24) is 0 Å². The molecule has 0 radical (unpaired) electrons. The number of esters is 3. The van der Waals surface area contributed by atoms with E-state index < -0.39 is 6.10 Å². The van der Waals surface area contributed by atoms with Crippen LogP contribution in [0.15, 0.2) is 97.2 Å². The highest BCUT2D eigenvalue weighted by Gasteiger charge is 2.19. The molecule has 6 nitrogen and oxygen atoms in total. The number of hydrogen-bond donors (Lipinski definition) is 0. The number of allylic oxidation sites excluding steroid dienone is 16. The standard InChI is InChI=1S/C70H120O6/c1-4-7-10-13-16-19-22-25-28-30-32-33-34-35-36-37-38-40-42-45-48-51-54-57-60-63-69(72)75-66-67(65-74-68(71)62-59-56-53-50-47-44-41-27-24-21-18-15-12-9-6-3)76-70(73)64-61-58-55-52-49-46-43-39-31-29-26-23-20-17-14-11-8-5-2/h7,10,16,19,25,27-29,31-33,35-36,38,40-41,67H,4-6,8-9,11-15,17-18,20-24,26,30,34,37,39,42-66H2,1-3H3/b10-7-,19-16-,28-25-,31-29-,33-32-,36-35-,40-38-,41-27-. The Morgan fingerprint density at radius 1 is 0.276 bits per heavy atom. The maximum absolute atomic E-state index is 12.9. The number of hydrogen-bond acceptors (Lipinski definition) is 6. The molecule has 1 unspecified atom stereocenters. The summed E-state index contributed by atoms with van der Waals surface area (Å²) in [7, 11) is 0. The van der Waals surface area contributed by atoms with Crippen LogP contribution in [0, 0.1) is 0 Å². The molecular weight excluding hydrogens is 937 g/mol. The molecule has 0 aromatic heterocycles. The molecule has 0 bridgehead atoms. The van der Waals surface area contributed by atoms with Gasteiger partial charge in [0.15, 0.2) is 6.10 Å². The van der Waals surface area contributed by atoms with Crippen LogP contribution in [0.5, 0.6) is 0 Å². The highest BCUT2D eigenvalue weighted by Crippen LogP contribution is 2.15. The van der Waals surface area contributed by atoms with Crippen LogP contribution in [-0.2, 0) is 28.6 Å². The van der Waals surface area contributed by atoms with Crippen LogP contribution in [0.3, 0.4) is 0 Å². The first-order chi connectivity index (χ1) is 37.5. The van der Waals surface area contributed by atoms with Gasteiger partial charge >= 0.3 is 17.9 Å². The van der Waals surface area contributed by atoms with Gasteiger partial charge in [-0.05, 0) is 122 Å². The highest BCUT2D eigenvalue weighted by atomic mass is 16.6. The normalized spacial score (nSPS) is 12.7. The zero-order chi connectivity index (χ0) is 55.0. The second-order valence-electron chi connectivity index (χ2n) is 21.3. The summed E-state index contributed by atoms with van der Waals surface area (Å²) < 4.78 is 16.9. The van der Waals surface area contributed by atoms with Crippen LogP contribution in [0.2, 0.25) is 0 Å². The molecule has 436 valence electrons. The van der Waals surface area contributed by atoms with E-state index in [0.29, 0.717) is 19.3 Å². The Bertz CT molecular complexity index is 1490. The van der Waals surface area contributed by atoms with Gasteiger partial charge in [-0.2, -0.15) is 0 Å². The molecule has 0 aromatic carbocycles. The summed E-state index contributed by atoms with van der Waals surface area (Å²) in [5.74, 6) is -0.904. The zero-order valence-corrected chi connectivity index (χ0v) is 50.0. The van der Waals surface area contributed by atoms with Crippen LogP contribution in [-0.4, -0.2) is 37.2 Å². The Morgan fingerprint density at radius 2 is 0.513 bits per heavy atom. The molecule has 76 heavy (non-hydrogen) atoms. The fourth-order valence-electron chi connectivity index (χ4n) is 8.97. The van der Waals surface area contributed by atoms with Gasteiger partial charge in [0.1, 0.15) is 13.2 Å². The summed E-state index contributed by atoms with van der Waals surface area (Å²) in [6, 6.07) is 0. The van der Waals surface area contributed by atoms with E-state index in [1.165, 1.54) is 154 Å². The molecule has 0 aromatic rings. The minimum Gasteiger partial charge on any atom is -0.462 e. The first-order valence-electron chi connectivity index (χ1n) is 32.2. The van der Waals surface area contributed by atoms with Crippen LogP contribution in [0.1, 0.15) is 310 Å². The van der Waals surface area contributed by atoms with Crippen molar-refractivity contribution in [3.05, 3.63) is 97.2 Å². The lowest BCUT2D eigenvalue weighted by Crippen LogP contribution is -2.30. The maximum atomic E-state index is 12.9. The number of rotatable bonds is 58. The van der Waals surface area contributed by atoms with E-state index in [1.54, 1.807) is 0 Å². The van der Waals surface area contributed by atoms with E-state index in [2.05, 4.69) is 118 Å². The molecule has 6 heteroatoms. The van der Waals surface area contributed by atoms with Gasteiger partial charge in [0.25, 0.3) is 0 Å². The number of carbonyl (C=O) groups excluding carboxylic acids is 3. The summed E-state index contributed by atoms with van der Waals surface area (Å²) in [5, 5.41) is 0. The van der Waals surface area contributed by atoms with Crippen molar-refractivity contribution < 1.29 is 28.6 Å². The number of unbranched alkanes of at least 4 members (excludes halogenated alkanes) is 31. The van der Waals surface area contributed by atoms with Crippen molar-refractivity contribution in [1.29, 1.82) is 0 Å². The molecular formula is C70H120O6. The molecule has 0 saturated carbocycles. The average molecular weight is 1060 g/mol. The molecule has 0 aliphatic carbocycles. The molecule has 0 rings (SSSR count). The minimum atomic E-state index is -0.791. The van der Waals surface area contributed by atoms with Gasteiger partial charge in [-0.3, -0.25) is 14.4 Å². The van der Waals surface area contributed by atoms with Gasteiger partial charge in [-0.1, -0.05) is 266 Å². The molecule has 0 N–H and O–H groups in total. The van der Waals surface area contributed by atoms with Gasteiger partial charge < -0.3 is 14.2 Å². The lowest BCUT2D eigenvalue weighted by molar-refractivity contribution is -0.167. The topological polar surface area (TPSA) is 78.9 Å². The van der Waals surface area contributed by atoms with Crippen molar-refractivity contribution in [2.24, 2.45) is 0 Å². The fraction of sp³-hybridized carbons (Fsp3) is 0.729. The Kier molecular flexibility index (Phi) is 60.8. The lowest BCUT2D eigenvalue weighted by atomic mass is 10.1. The predicted molar refractivity (Wildman–Crippen MR) is 330 cm³/mol. The molecule has 0 aliphatic rings. The van der Waals surface area contributed by atoms with Crippen LogP contribution in [0.25, 0.3) is 0 Å². The molecule has 0 aliphatic heterocycles. The zero-order valence-electron chi connectivity index (χ0n) is 50.0. The van der Waals surface area contributed by atoms with Gasteiger partial charge in [-0.25, -0.2) is 0 Å².